The van der Waals surface area contributed by atoms with Crippen molar-refractivity contribution in [2.45, 2.75) is 19.3 Å². The number of fused-ring (bicyclic) bond motifs is 1. The van der Waals surface area contributed by atoms with Crippen LogP contribution in [0, 0.1) is 0 Å². The van der Waals surface area contributed by atoms with Crippen LogP contribution in [0.25, 0.3) is 0 Å². The lowest BCUT2D eigenvalue weighted by molar-refractivity contribution is -0.892. The molecule has 0 atom stereocenters. The highest BCUT2D eigenvalue weighted by atomic mass is 35.5. The van der Waals surface area contributed by atoms with Crippen molar-refractivity contribution in [3.63, 3.8) is 0 Å². The van der Waals surface area contributed by atoms with Gasteiger partial charge in [0.05, 0.1) is 36.9 Å². The van der Waals surface area contributed by atoms with Crippen LogP contribution < -0.4 is 15.1 Å². The van der Waals surface area contributed by atoms with Crippen molar-refractivity contribution in [3.05, 3.63) is 58.6 Å². The molecule has 2 aromatic carbocycles. The summed E-state index contributed by atoms with van der Waals surface area (Å²) in [4.78, 5) is 16.1. The van der Waals surface area contributed by atoms with E-state index in [1.165, 1.54) is 28.9 Å². The third-order valence-electron chi connectivity index (χ3n) is 5.46. The maximum atomic E-state index is 12.4. The highest BCUT2D eigenvalue weighted by Gasteiger charge is 2.23. The van der Waals surface area contributed by atoms with E-state index in [9.17, 15) is 4.79 Å². The summed E-state index contributed by atoms with van der Waals surface area (Å²) >= 11 is 6.30. The summed E-state index contributed by atoms with van der Waals surface area (Å²) in [5, 5.41) is 3.87. The lowest BCUT2D eigenvalue weighted by Gasteiger charge is -2.33. The molecule has 1 fully saturated rings. The van der Waals surface area contributed by atoms with Crippen LogP contribution in [0.1, 0.15) is 17.5 Å². The molecule has 1 heterocycles. The van der Waals surface area contributed by atoms with Gasteiger partial charge in [0.25, 0.3) is 5.91 Å². The van der Waals surface area contributed by atoms with Crippen LogP contribution in [0.15, 0.2) is 42.5 Å². The molecular formula is C21H25ClN3O+. The molecule has 1 aliphatic carbocycles. The summed E-state index contributed by atoms with van der Waals surface area (Å²) in [5.41, 5.74) is 4.85. The van der Waals surface area contributed by atoms with Crippen LogP contribution in [0.2, 0.25) is 5.02 Å². The van der Waals surface area contributed by atoms with E-state index in [0.717, 1.165) is 49.0 Å². The molecule has 26 heavy (non-hydrogen) atoms. The number of carbonyl (C=O) groups is 1. The number of hydrogen-bond acceptors (Lipinski definition) is 2. The van der Waals surface area contributed by atoms with Gasteiger partial charge >= 0.3 is 0 Å². The Balaban J connectivity index is 1.29. The Kier molecular flexibility index (Phi) is 5.14. The number of halogens is 1. The average molecular weight is 371 g/mol. The summed E-state index contributed by atoms with van der Waals surface area (Å²) < 4.78 is 0. The molecule has 1 aliphatic heterocycles. The van der Waals surface area contributed by atoms with Gasteiger partial charge in [0, 0.05) is 5.69 Å². The van der Waals surface area contributed by atoms with Gasteiger partial charge in [-0.2, -0.15) is 0 Å². The van der Waals surface area contributed by atoms with E-state index in [1.54, 1.807) is 0 Å². The van der Waals surface area contributed by atoms with Crippen molar-refractivity contribution in [3.8, 4) is 0 Å². The zero-order valence-corrected chi connectivity index (χ0v) is 15.7. The predicted octanol–water partition coefficient (Wildman–Crippen LogP) is 2.17. The number of anilines is 2. The van der Waals surface area contributed by atoms with Crippen LogP contribution in [0.5, 0.6) is 0 Å². The van der Waals surface area contributed by atoms with Gasteiger partial charge in [-0.1, -0.05) is 29.8 Å². The minimum Gasteiger partial charge on any atom is -0.359 e. The topological polar surface area (TPSA) is 36.8 Å². The highest BCUT2D eigenvalue weighted by molar-refractivity contribution is 6.33. The first-order valence-electron chi connectivity index (χ1n) is 9.44. The zero-order valence-electron chi connectivity index (χ0n) is 14.9. The van der Waals surface area contributed by atoms with Crippen molar-refractivity contribution in [2.75, 3.05) is 42.9 Å². The second kappa shape index (κ2) is 7.68. The van der Waals surface area contributed by atoms with Gasteiger partial charge in [-0.3, -0.25) is 4.79 Å². The Hall–Kier alpha value is -2.04. The molecule has 2 aromatic rings. The predicted molar refractivity (Wildman–Crippen MR) is 106 cm³/mol. The molecule has 0 spiro atoms. The highest BCUT2D eigenvalue weighted by Crippen LogP contribution is 2.25. The summed E-state index contributed by atoms with van der Waals surface area (Å²) in [5.74, 6) is 0.101. The number of quaternary nitrogens is 1. The van der Waals surface area contributed by atoms with Crippen molar-refractivity contribution in [1.29, 1.82) is 0 Å². The first-order valence-corrected chi connectivity index (χ1v) is 9.81. The number of rotatable bonds is 4. The number of carbonyl (C=O) groups excluding carboxylic acids is 1. The van der Waals surface area contributed by atoms with Gasteiger partial charge in [0.1, 0.15) is 0 Å². The van der Waals surface area contributed by atoms with Gasteiger partial charge in [0.2, 0.25) is 0 Å². The van der Waals surface area contributed by atoms with Crippen LogP contribution >= 0.6 is 11.6 Å². The normalized spacial score (nSPS) is 17.2. The maximum absolute atomic E-state index is 12.4. The number of aryl methyl sites for hydroxylation is 2. The number of nitrogens with one attached hydrogen (secondary N) is 2. The average Bonchev–Trinajstić information content (AvgIpc) is 3.11. The zero-order chi connectivity index (χ0) is 17.9. The second-order valence-corrected chi connectivity index (χ2v) is 7.66. The molecule has 0 saturated carbocycles. The Bertz CT molecular complexity index is 800. The Morgan fingerprint density at radius 3 is 2.65 bits per heavy atom. The molecule has 2 aliphatic rings. The first-order chi connectivity index (χ1) is 12.7. The number of para-hydroxylation sites is 1. The fraction of sp³-hybridized carbons (Fsp3) is 0.381. The molecule has 1 amide bonds. The third kappa shape index (κ3) is 3.87. The monoisotopic (exact) mass is 370 g/mol. The van der Waals surface area contributed by atoms with Crippen LogP contribution in [0.4, 0.5) is 11.4 Å². The third-order valence-corrected chi connectivity index (χ3v) is 5.78. The minimum absolute atomic E-state index is 0.101. The van der Waals surface area contributed by atoms with Crippen molar-refractivity contribution in [1.82, 2.24) is 0 Å². The molecule has 0 aromatic heterocycles. The SMILES string of the molecule is O=C(C[NH+]1CCN(c2ccccc2Cl)CC1)Nc1ccc2c(c1)CCC2. The van der Waals surface area contributed by atoms with Crippen molar-refractivity contribution in [2.24, 2.45) is 0 Å². The van der Waals surface area contributed by atoms with Gasteiger partial charge in [-0.25, -0.2) is 0 Å². The van der Waals surface area contributed by atoms with Gasteiger partial charge in [0.15, 0.2) is 6.54 Å². The van der Waals surface area contributed by atoms with E-state index in [-0.39, 0.29) is 5.91 Å². The molecule has 0 bridgehead atoms. The van der Waals surface area contributed by atoms with E-state index in [4.69, 9.17) is 11.6 Å². The Labute approximate surface area is 159 Å². The molecule has 136 valence electrons. The van der Waals surface area contributed by atoms with E-state index in [0.29, 0.717) is 6.54 Å². The smallest absolute Gasteiger partial charge is 0.279 e. The Morgan fingerprint density at radius 1 is 1.08 bits per heavy atom. The molecule has 2 N–H and O–H groups in total. The fourth-order valence-electron chi connectivity index (χ4n) is 4.03. The lowest BCUT2D eigenvalue weighted by Crippen LogP contribution is -3.15. The molecular weight excluding hydrogens is 346 g/mol. The Morgan fingerprint density at radius 2 is 1.85 bits per heavy atom. The molecule has 5 heteroatoms. The number of amides is 1. The number of piperazine rings is 1. The number of benzene rings is 2. The van der Waals surface area contributed by atoms with E-state index in [2.05, 4.69) is 28.4 Å². The standard InChI is InChI=1S/C21H24ClN3O/c22-19-6-1-2-7-20(19)25-12-10-24(11-13-25)15-21(26)23-18-9-8-16-4-3-5-17(16)14-18/h1-2,6-9,14H,3-5,10-13,15H2,(H,23,26)/p+1. The minimum atomic E-state index is 0.101. The number of nitrogens with zero attached hydrogens (tertiary/aromatic N) is 1. The quantitative estimate of drug-likeness (QED) is 0.865. The summed E-state index contributed by atoms with van der Waals surface area (Å²) in [6.07, 6.45) is 3.53. The van der Waals surface area contributed by atoms with Gasteiger partial charge < -0.3 is 15.1 Å². The summed E-state index contributed by atoms with van der Waals surface area (Å²) in [6.45, 7) is 4.26. The second-order valence-electron chi connectivity index (χ2n) is 7.25. The summed E-state index contributed by atoms with van der Waals surface area (Å²) in [7, 11) is 0. The largest absolute Gasteiger partial charge is 0.359 e. The van der Waals surface area contributed by atoms with Crippen molar-refractivity contribution >= 4 is 28.9 Å². The van der Waals surface area contributed by atoms with E-state index in [1.807, 2.05) is 24.3 Å². The molecule has 0 unspecified atom stereocenters. The fourth-order valence-corrected chi connectivity index (χ4v) is 4.29. The molecule has 1 saturated heterocycles. The maximum Gasteiger partial charge on any atom is 0.279 e. The lowest BCUT2D eigenvalue weighted by atomic mass is 10.1. The van der Waals surface area contributed by atoms with E-state index >= 15 is 0 Å². The van der Waals surface area contributed by atoms with Crippen LogP contribution in [-0.2, 0) is 17.6 Å². The molecule has 4 nitrogen and oxygen atoms in total. The van der Waals surface area contributed by atoms with E-state index < -0.39 is 0 Å². The molecule has 4 rings (SSSR count). The van der Waals surface area contributed by atoms with Gasteiger partial charge in [-0.05, 0) is 54.7 Å². The van der Waals surface area contributed by atoms with Crippen LogP contribution in [0.3, 0.4) is 0 Å². The van der Waals surface area contributed by atoms with Crippen molar-refractivity contribution < 1.29 is 9.69 Å². The summed E-state index contributed by atoms with van der Waals surface area (Å²) in [6, 6.07) is 14.3. The van der Waals surface area contributed by atoms with Gasteiger partial charge in [-0.15, -0.1) is 0 Å². The van der Waals surface area contributed by atoms with Crippen LogP contribution in [-0.4, -0.2) is 38.6 Å². The first kappa shape index (κ1) is 17.4. The molecule has 0 radical (unpaired) electrons. The number of hydrogen-bond donors (Lipinski definition) is 2.